The van der Waals surface area contributed by atoms with Gasteiger partial charge in [0.25, 0.3) is 11.8 Å². The number of hydrogen-bond acceptors (Lipinski definition) is 9. The maximum absolute atomic E-state index is 15.5. The summed E-state index contributed by atoms with van der Waals surface area (Å²) in [5.74, 6) is -2.42. The van der Waals surface area contributed by atoms with Gasteiger partial charge in [-0.15, -0.1) is 5.10 Å². The van der Waals surface area contributed by atoms with Gasteiger partial charge in [0.1, 0.15) is 28.5 Å². The number of nitrogens with one attached hydrogen (secondary N) is 3. The van der Waals surface area contributed by atoms with Crippen molar-refractivity contribution < 1.29 is 23.6 Å². The number of nitrogens with zero attached hydrogens (tertiary/aromatic N) is 6. The van der Waals surface area contributed by atoms with E-state index < -0.39 is 35.6 Å². The third-order valence-electron chi connectivity index (χ3n) is 8.67. The highest BCUT2D eigenvalue weighted by Gasteiger charge is 2.33. The van der Waals surface area contributed by atoms with Gasteiger partial charge in [0.05, 0.1) is 11.9 Å². The Morgan fingerprint density at radius 1 is 1.02 bits per heavy atom. The molecule has 46 heavy (non-hydrogen) atoms. The van der Waals surface area contributed by atoms with E-state index in [9.17, 15) is 19.2 Å². The molecule has 3 N–H and O–H groups in total. The number of halogens is 1. The minimum Gasteiger partial charge on any atom is -0.339 e. The number of piperazine rings is 1. The highest BCUT2D eigenvalue weighted by molar-refractivity contribution is 7.07. The Labute approximate surface area is 271 Å². The lowest BCUT2D eigenvalue weighted by Crippen LogP contribution is -2.54. The number of amides is 4. The molecule has 5 rings (SSSR count). The first-order chi connectivity index (χ1) is 22.2. The Morgan fingerprint density at radius 2 is 1.78 bits per heavy atom. The number of aryl methyl sites for hydroxylation is 1. The average Bonchev–Trinajstić information content (AvgIpc) is 3.78. The molecule has 2 atom stereocenters. The molecule has 0 spiro atoms. The highest BCUT2D eigenvalue weighted by Crippen LogP contribution is 2.28. The van der Waals surface area contributed by atoms with Crippen molar-refractivity contribution in [3.05, 3.63) is 58.6 Å². The van der Waals surface area contributed by atoms with Gasteiger partial charge >= 0.3 is 0 Å². The maximum atomic E-state index is 15.5. The quantitative estimate of drug-likeness (QED) is 0.285. The number of carbonyl (C=O) groups excluding carboxylic acids is 4. The fourth-order valence-corrected chi connectivity index (χ4v) is 6.45. The number of benzene rings is 1. The average molecular weight is 654 g/mol. The van der Waals surface area contributed by atoms with E-state index in [-0.39, 0.29) is 28.8 Å². The maximum Gasteiger partial charge on any atom is 0.270 e. The van der Waals surface area contributed by atoms with E-state index in [0.29, 0.717) is 44.0 Å². The largest absolute Gasteiger partial charge is 0.339 e. The number of anilines is 1. The van der Waals surface area contributed by atoms with Gasteiger partial charge < -0.3 is 25.8 Å². The molecule has 13 nitrogen and oxygen atoms in total. The van der Waals surface area contributed by atoms with Crippen LogP contribution in [-0.4, -0.2) is 98.1 Å². The number of aromatic nitrogens is 4. The summed E-state index contributed by atoms with van der Waals surface area (Å²) in [6, 6.07) is 4.13. The Hall–Kier alpha value is -4.24. The van der Waals surface area contributed by atoms with Crippen molar-refractivity contribution in [2.75, 3.05) is 38.5 Å². The van der Waals surface area contributed by atoms with Crippen molar-refractivity contribution in [2.45, 2.75) is 64.1 Å². The molecule has 3 heterocycles. The third-order valence-corrected chi connectivity index (χ3v) is 9.34. The number of carbonyl (C=O) groups is 4. The van der Waals surface area contributed by atoms with Crippen LogP contribution in [0.2, 0.25) is 0 Å². The number of rotatable bonds is 11. The summed E-state index contributed by atoms with van der Waals surface area (Å²) in [4.78, 5) is 57.2. The van der Waals surface area contributed by atoms with Crippen LogP contribution in [-0.2, 0) is 22.6 Å². The van der Waals surface area contributed by atoms with Gasteiger partial charge in [-0.2, -0.15) is 5.10 Å². The lowest BCUT2D eigenvalue weighted by atomic mass is 9.83. The molecule has 0 unspecified atom stereocenters. The van der Waals surface area contributed by atoms with Crippen LogP contribution in [0.5, 0.6) is 0 Å². The van der Waals surface area contributed by atoms with Crippen molar-refractivity contribution in [1.82, 2.24) is 39.8 Å². The molecule has 0 bridgehead atoms. The van der Waals surface area contributed by atoms with E-state index in [4.69, 9.17) is 0 Å². The molecule has 1 saturated heterocycles. The topological polar surface area (TPSA) is 154 Å². The van der Waals surface area contributed by atoms with Crippen LogP contribution < -0.4 is 16.0 Å². The molecule has 0 radical (unpaired) electrons. The molecular weight excluding hydrogens is 613 g/mol. The SMILES string of the molecule is CCn1nccc1C(=O)N[C@H](C(=O)Nc1ccc(C[C@@H](NC(=O)c2cnns2)C(=O)N2CCN(C)CC2)cc1F)C1CCCCC1. The molecule has 4 amide bonds. The molecule has 246 valence electrons. The molecule has 1 aliphatic heterocycles. The molecular formula is C31H40FN9O4S. The standard InChI is InChI=1S/C31H40FN9O4S/c1-3-41-25(11-12-34-41)28(42)37-27(21-7-5-4-6-8-21)30(44)35-23-10-9-20(17-22(23)32)18-24(36-29(43)26-19-33-38-46-26)31(45)40-15-13-39(2)14-16-40/h9-12,17,19,21,24,27H,3-8,13-16,18H2,1-2H3,(H,35,44)(H,36,43)(H,37,42)/t24-,27+/m1/s1. The molecule has 2 fully saturated rings. The second kappa shape index (κ2) is 15.4. The van der Waals surface area contributed by atoms with E-state index in [1.54, 1.807) is 21.7 Å². The predicted octanol–water partition coefficient (Wildman–Crippen LogP) is 2.33. The molecule has 2 aliphatic rings. The molecule has 15 heteroatoms. The van der Waals surface area contributed by atoms with Crippen molar-refractivity contribution in [3.63, 3.8) is 0 Å². The molecule has 3 aromatic rings. The first-order valence-electron chi connectivity index (χ1n) is 15.7. The zero-order chi connectivity index (χ0) is 32.6. The van der Waals surface area contributed by atoms with Crippen LogP contribution in [0.1, 0.15) is 64.8 Å². The van der Waals surface area contributed by atoms with E-state index in [1.165, 1.54) is 24.5 Å². The van der Waals surface area contributed by atoms with Crippen LogP contribution in [0.15, 0.2) is 36.7 Å². The Bertz CT molecular complexity index is 1520. The highest BCUT2D eigenvalue weighted by atomic mass is 32.1. The Balaban J connectivity index is 1.30. The first-order valence-corrected chi connectivity index (χ1v) is 16.5. The summed E-state index contributed by atoms with van der Waals surface area (Å²) in [5, 5.41) is 16.2. The Kier molecular flexibility index (Phi) is 11.1. The summed E-state index contributed by atoms with van der Waals surface area (Å²) in [6.07, 6.45) is 7.43. The monoisotopic (exact) mass is 653 g/mol. The van der Waals surface area contributed by atoms with Gasteiger partial charge in [0, 0.05) is 45.3 Å². The summed E-state index contributed by atoms with van der Waals surface area (Å²) in [6.45, 7) is 4.82. The molecule has 1 aromatic carbocycles. The van der Waals surface area contributed by atoms with Crippen molar-refractivity contribution >= 4 is 40.8 Å². The fourth-order valence-electron chi connectivity index (χ4n) is 6.03. The minimum absolute atomic E-state index is 0.0378. The second-order valence-corrected chi connectivity index (χ2v) is 12.6. The second-order valence-electron chi connectivity index (χ2n) is 11.8. The van der Waals surface area contributed by atoms with E-state index >= 15 is 4.39 Å². The summed E-state index contributed by atoms with van der Waals surface area (Å²) in [5.41, 5.74) is 0.783. The van der Waals surface area contributed by atoms with Crippen LogP contribution in [0.3, 0.4) is 0 Å². The minimum atomic E-state index is -0.944. The summed E-state index contributed by atoms with van der Waals surface area (Å²) in [7, 11) is 1.98. The zero-order valence-corrected chi connectivity index (χ0v) is 26.9. The van der Waals surface area contributed by atoms with Gasteiger partial charge in [-0.1, -0.05) is 29.8 Å². The lowest BCUT2D eigenvalue weighted by Gasteiger charge is -2.34. The number of hydrogen-bond donors (Lipinski definition) is 3. The number of likely N-dealkylation sites (N-methyl/N-ethyl adjacent to an activating group) is 1. The predicted molar refractivity (Wildman–Crippen MR) is 170 cm³/mol. The van der Waals surface area contributed by atoms with Crippen LogP contribution in [0.25, 0.3) is 0 Å². The van der Waals surface area contributed by atoms with E-state index in [1.807, 2.05) is 14.0 Å². The van der Waals surface area contributed by atoms with Crippen LogP contribution in [0.4, 0.5) is 10.1 Å². The molecule has 2 aromatic heterocycles. The van der Waals surface area contributed by atoms with Gasteiger partial charge in [-0.3, -0.25) is 23.9 Å². The smallest absolute Gasteiger partial charge is 0.270 e. The third kappa shape index (κ3) is 8.12. The van der Waals surface area contributed by atoms with Gasteiger partial charge in [-0.05, 0) is 68.0 Å². The van der Waals surface area contributed by atoms with Crippen molar-refractivity contribution in [2.24, 2.45) is 5.92 Å². The molecule has 1 aliphatic carbocycles. The molecule has 1 saturated carbocycles. The van der Waals surface area contributed by atoms with Crippen molar-refractivity contribution in [1.29, 1.82) is 0 Å². The normalized spacial score (nSPS) is 17.2. The lowest BCUT2D eigenvalue weighted by molar-refractivity contribution is -0.134. The first kappa shape index (κ1) is 33.1. The Morgan fingerprint density at radius 3 is 2.46 bits per heavy atom. The summed E-state index contributed by atoms with van der Waals surface area (Å²) < 4.78 is 20.8. The van der Waals surface area contributed by atoms with Gasteiger partial charge in [0.2, 0.25) is 11.8 Å². The van der Waals surface area contributed by atoms with Gasteiger partial charge in [-0.25, -0.2) is 4.39 Å². The fraction of sp³-hybridized carbons (Fsp3) is 0.516. The zero-order valence-electron chi connectivity index (χ0n) is 26.1. The van der Waals surface area contributed by atoms with E-state index in [2.05, 4.69) is 35.5 Å². The van der Waals surface area contributed by atoms with E-state index in [0.717, 1.165) is 43.6 Å². The summed E-state index contributed by atoms with van der Waals surface area (Å²) >= 11 is 0.918. The van der Waals surface area contributed by atoms with Gasteiger partial charge in [0.15, 0.2) is 0 Å². The van der Waals surface area contributed by atoms with Crippen molar-refractivity contribution in [3.8, 4) is 0 Å². The van der Waals surface area contributed by atoms with Crippen LogP contribution >= 0.6 is 11.5 Å². The van der Waals surface area contributed by atoms with Crippen LogP contribution in [0, 0.1) is 11.7 Å².